The van der Waals surface area contributed by atoms with E-state index in [2.05, 4.69) is 5.16 Å². The van der Waals surface area contributed by atoms with E-state index in [1.54, 1.807) is 18.2 Å². The van der Waals surface area contributed by atoms with Crippen molar-refractivity contribution in [2.24, 2.45) is 10.9 Å². The molecule has 0 atom stereocenters. The van der Waals surface area contributed by atoms with Crippen LogP contribution in [0.3, 0.4) is 0 Å². The second-order valence-electron chi connectivity index (χ2n) is 4.55. The van der Waals surface area contributed by atoms with Crippen molar-refractivity contribution in [3.63, 3.8) is 0 Å². The molecule has 0 bridgehead atoms. The number of carbonyl (C=O) groups is 1. The van der Waals surface area contributed by atoms with Gasteiger partial charge in [-0.25, -0.2) is 4.79 Å². The van der Waals surface area contributed by atoms with Crippen LogP contribution in [0.5, 0.6) is 11.5 Å². The molecular formula is C16H14Cl2N2O4. The van der Waals surface area contributed by atoms with E-state index in [9.17, 15) is 4.79 Å². The molecule has 0 aliphatic carbocycles. The molecule has 0 spiro atoms. The Morgan fingerprint density at radius 2 is 1.75 bits per heavy atom. The monoisotopic (exact) mass is 368 g/mol. The van der Waals surface area contributed by atoms with Gasteiger partial charge in [0.1, 0.15) is 0 Å². The number of nitrogens with two attached hydrogens (primary N) is 1. The predicted octanol–water partition coefficient (Wildman–Crippen LogP) is 3.49. The number of amidine groups is 1. The fourth-order valence-electron chi connectivity index (χ4n) is 1.84. The molecule has 0 aliphatic heterocycles. The van der Waals surface area contributed by atoms with Crippen molar-refractivity contribution in [3.8, 4) is 11.5 Å². The highest BCUT2D eigenvalue weighted by atomic mass is 35.5. The van der Waals surface area contributed by atoms with Crippen LogP contribution in [0.1, 0.15) is 15.9 Å². The summed E-state index contributed by atoms with van der Waals surface area (Å²) in [6.07, 6.45) is 0. The number of carbonyl (C=O) groups excluding carboxylic acids is 1. The minimum absolute atomic E-state index is 0.00520. The van der Waals surface area contributed by atoms with Crippen molar-refractivity contribution in [1.82, 2.24) is 0 Å². The largest absolute Gasteiger partial charge is 0.493 e. The smallest absolute Gasteiger partial charge is 0.367 e. The van der Waals surface area contributed by atoms with E-state index in [-0.39, 0.29) is 16.4 Å². The Balaban J connectivity index is 2.18. The third-order valence-corrected chi connectivity index (χ3v) is 3.61. The van der Waals surface area contributed by atoms with Crippen molar-refractivity contribution in [1.29, 1.82) is 0 Å². The van der Waals surface area contributed by atoms with Gasteiger partial charge in [-0.05, 0) is 36.4 Å². The second kappa shape index (κ2) is 7.90. The van der Waals surface area contributed by atoms with Gasteiger partial charge in [0.25, 0.3) is 0 Å². The molecule has 2 rings (SSSR count). The van der Waals surface area contributed by atoms with Crippen LogP contribution in [0.15, 0.2) is 41.6 Å². The summed E-state index contributed by atoms with van der Waals surface area (Å²) < 4.78 is 10.3. The van der Waals surface area contributed by atoms with Crippen molar-refractivity contribution < 1.29 is 19.1 Å². The zero-order valence-corrected chi connectivity index (χ0v) is 14.4. The van der Waals surface area contributed by atoms with Gasteiger partial charge in [0.05, 0.1) is 24.8 Å². The van der Waals surface area contributed by atoms with Crippen LogP contribution < -0.4 is 15.2 Å². The molecule has 2 N–H and O–H groups in total. The van der Waals surface area contributed by atoms with E-state index < -0.39 is 5.97 Å². The summed E-state index contributed by atoms with van der Waals surface area (Å²) in [6, 6.07) is 9.32. The first-order chi connectivity index (χ1) is 11.5. The SMILES string of the molecule is COc1ccc(C(N)=NOC(=O)c2ccc(Cl)cc2Cl)cc1OC. The molecule has 126 valence electrons. The maximum Gasteiger partial charge on any atom is 0.367 e. The van der Waals surface area contributed by atoms with Gasteiger partial charge >= 0.3 is 5.97 Å². The molecule has 24 heavy (non-hydrogen) atoms. The number of halogens is 2. The van der Waals surface area contributed by atoms with Crippen LogP contribution in [0, 0.1) is 0 Å². The topological polar surface area (TPSA) is 83.1 Å². The lowest BCUT2D eigenvalue weighted by Gasteiger charge is -2.09. The van der Waals surface area contributed by atoms with Gasteiger partial charge in [0.15, 0.2) is 17.3 Å². The van der Waals surface area contributed by atoms with E-state index in [1.807, 2.05) is 0 Å². The summed E-state index contributed by atoms with van der Waals surface area (Å²) in [5.74, 6) is 0.258. The molecule has 0 fully saturated rings. The molecule has 0 heterocycles. The average molecular weight is 369 g/mol. The number of ether oxygens (including phenoxy) is 2. The fraction of sp³-hybridized carbons (Fsp3) is 0.125. The van der Waals surface area contributed by atoms with E-state index in [1.165, 1.54) is 32.4 Å². The highest BCUT2D eigenvalue weighted by molar-refractivity contribution is 6.36. The molecular weight excluding hydrogens is 355 g/mol. The lowest BCUT2D eigenvalue weighted by atomic mass is 10.2. The standard InChI is InChI=1S/C16H14Cl2N2O4/c1-22-13-6-3-9(7-14(13)23-2)15(19)20-24-16(21)11-5-4-10(17)8-12(11)18/h3-8H,1-2H3,(H2,19,20). The summed E-state index contributed by atoms with van der Waals surface area (Å²) in [4.78, 5) is 16.8. The third-order valence-electron chi connectivity index (χ3n) is 3.06. The minimum atomic E-state index is -0.750. The molecule has 0 saturated heterocycles. The number of oxime groups is 1. The molecule has 0 amide bonds. The molecule has 0 aliphatic rings. The number of benzene rings is 2. The van der Waals surface area contributed by atoms with Crippen LogP contribution in [-0.2, 0) is 4.84 Å². The summed E-state index contributed by atoms with van der Waals surface area (Å²) in [6.45, 7) is 0. The van der Waals surface area contributed by atoms with E-state index >= 15 is 0 Å². The number of rotatable bonds is 5. The van der Waals surface area contributed by atoms with Crippen LogP contribution in [0.4, 0.5) is 0 Å². The Bertz CT molecular complexity index is 794. The normalized spacial score (nSPS) is 11.1. The number of nitrogens with zero attached hydrogens (tertiary/aromatic N) is 1. The molecule has 6 nitrogen and oxygen atoms in total. The zero-order chi connectivity index (χ0) is 17.7. The molecule has 2 aromatic carbocycles. The van der Waals surface area contributed by atoms with Crippen LogP contribution in [0.2, 0.25) is 10.0 Å². The van der Waals surface area contributed by atoms with E-state index in [0.29, 0.717) is 22.1 Å². The first-order valence-electron chi connectivity index (χ1n) is 6.68. The van der Waals surface area contributed by atoms with Crippen molar-refractivity contribution in [2.75, 3.05) is 14.2 Å². The number of methoxy groups -OCH3 is 2. The molecule has 2 aromatic rings. The highest BCUT2D eigenvalue weighted by Crippen LogP contribution is 2.27. The second-order valence-corrected chi connectivity index (χ2v) is 5.39. The van der Waals surface area contributed by atoms with Gasteiger partial charge in [0, 0.05) is 10.6 Å². The van der Waals surface area contributed by atoms with Crippen molar-refractivity contribution >= 4 is 35.0 Å². The van der Waals surface area contributed by atoms with Crippen LogP contribution >= 0.6 is 23.2 Å². The van der Waals surface area contributed by atoms with Gasteiger partial charge in [-0.15, -0.1) is 0 Å². The van der Waals surface area contributed by atoms with E-state index in [4.69, 9.17) is 43.2 Å². The molecule has 0 aromatic heterocycles. The highest BCUT2D eigenvalue weighted by Gasteiger charge is 2.13. The Morgan fingerprint density at radius 3 is 2.38 bits per heavy atom. The Hall–Kier alpha value is -2.44. The minimum Gasteiger partial charge on any atom is -0.493 e. The Kier molecular flexibility index (Phi) is 5.89. The molecule has 0 unspecified atom stereocenters. The third kappa shape index (κ3) is 4.10. The Labute approximate surface area is 148 Å². The average Bonchev–Trinajstić information content (AvgIpc) is 2.58. The van der Waals surface area contributed by atoms with Gasteiger partial charge in [-0.1, -0.05) is 28.4 Å². The maximum absolute atomic E-state index is 12.0. The Morgan fingerprint density at radius 1 is 1.04 bits per heavy atom. The van der Waals surface area contributed by atoms with Crippen LogP contribution in [0.25, 0.3) is 0 Å². The van der Waals surface area contributed by atoms with Gasteiger partial charge in [-0.3, -0.25) is 0 Å². The van der Waals surface area contributed by atoms with Gasteiger partial charge in [0.2, 0.25) is 0 Å². The lowest BCUT2D eigenvalue weighted by molar-refractivity contribution is 0.0516. The van der Waals surface area contributed by atoms with Gasteiger partial charge < -0.3 is 20.0 Å². The zero-order valence-electron chi connectivity index (χ0n) is 12.9. The van der Waals surface area contributed by atoms with Crippen molar-refractivity contribution in [3.05, 3.63) is 57.6 Å². The number of hydrogen-bond donors (Lipinski definition) is 1. The lowest BCUT2D eigenvalue weighted by Crippen LogP contribution is -2.15. The first kappa shape index (κ1) is 17.9. The molecule has 8 heteroatoms. The first-order valence-corrected chi connectivity index (χ1v) is 7.44. The summed E-state index contributed by atoms with van der Waals surface area (Å²) in [7, 11) is 3.02. The van der Waals surface area contributed by atoms with Crippen molar-refractivity contribution in [2.45, 2.75) is 0 Å². The predicted molar refractivity (Wildman–Crippen MR) is 92.1 cm³/mol. The maximum atomic E-state index is 12.0. The summed E-state index contributed by atoms with van der Waals surface area (Å²) in [5, 5.41) is 4.19. The number of hydrogen-bond acceptors (Lipinski definition) is 5. The van der Waals surface area contributed by atoms with Gasteiger partial charge in [-0.2, -0.15) is 0 Å². The summed E-state index contributed by atoms with van der Waals surface area (Å²) >= 11 is 11.7. The molecule has 0 saturated carbocycles. The van der Waals surface area contributed by atoms with Crippen LogP contribution in [-0.4, -0.2) is 26.0 Å². The molecule has 0 radical (unpaired) electrons. The summed E-state index contributed by atoms with van der Waals surface area (Å²) in [5.41, 5.74) is 6.45. The van der Waals surface area contributed by atoms with E-state index in [0.717, 1.165) is 0 Å². The fourth-order valence-corrected chi connectivity index (χ4v) is 2.33. The quantitative estimate of drug-likeness (QED) is 0.378.